The van der Waals surface area contributed by atoms with E-state index in [9.17, 15) is 9.18 Å². The molecule has 23 heavy (non-hydrogen) atoms. The topological polar surface area (TPSA) is 23.6 Å². The second-order valence-electron chi connectivity index (χ2n) is 5.69. The van der Waals surface area contributed by atoms with Crippen LogP contribution in [0.2, 0.25) is 0 Å². The minimum absolute atomic E-state index is 0.0519. The molecule has 5 heteroatoms. The predicted molar refractivity (Wildman–Crippen MR) is 98.4 cm³/mol. The molecule has 2 aromatic rings. The van der Waals surface area contributed by atoms with E-state index >= 15 is 0 Å². The number of para-hydroxylation sites is 1. The number of anilines is 1. The Morgan fingerprint density at radius 1 is 1.09 bits per heavy atom. The fourth-order valence-corrected chi connectivity index (χ4v) is 3.28. The van der Waals surface area contributed by atoms with Gasteiger partial charge in [0.2, 0.25) is 0 Å². The van der Waals surface area contributed by atoms with Gasteiger partial charge in [-0.3, -0.25) is 4.79 Å². The number of carbonyl (C=O) groups excluding carboxylic acids is 1. The van der Waals surface area contributed by atoms with Crippen LogP contribution in [0.5, 0.6) is 0 Å². The van der Waals surface area contributed by atoms with Crippen LogP contribution < -0.4 is 4.90 Å². The van der Waals surface area contributed by atoms with Crippen LogP contribution in [0, 0.1) is 16.3 Å². The molecule has 120 valence electrons. The van der Waals surface area contributed by atoms with Crippen LogP contribution in [0.1, 0.15) is 15.9 Å². The lowest BCUT2D eigenvalue weighted by atomic mass is 10.1. The highest BCUT2D eigenvalue weighted by molar-refractivity contribution is 14.1. The Bertz CT molecular complexity index is 727. The van der Waals surface area contributed by atoms with Crippen molar-refractivity contribution in [1.29, 1.82) is 0 Å². The lowest BCUT2D eigenvalue weighted by Crippen LogP contribution is -2.49. The first-order valence-corrected chi connectivity index (χ1v) is 8.69. The maximum Gasteiger partial charge on any atom is 0.254 e. The van der Waals surface area contributed by atoms with Gasteiger partial charge in [-0.05, 0) is 59.3 Å². The van der Waals surface area contributed by atoms with E-state index in [1.54, 1.807) is 12.1 Å². The molecule has 0 N–H and O–H groups in total. The Labute approximate surface area is 149 Å². The van der Waals surface area contributed by atoms with Crippen LogP contribution in [0.3, 0.4) is 0 Å². The standard InChI is InChI=1S/C18H18FIN2O/c1-13-6-7-14(12-16(13)20)18(23)22-10-8-21(9-11-22)17-5-3-2-4-15(17)19/h2-7,12H,8-11H2,1H3. The summed E-state index contributed by atoms with van der Waals surface area (Å²) in [6.45, 7) is 4.55. The number of piperazine rings is 1. The lowest BCUT2D eigenvalue weighted by Gasteiger charge is -2.36. The minimum atomic E-state index is -0.208. The average molecular weight is 424 g/mol. The number of aryl methyl sites for hydroxylation is 1. The molecule has 0 spiro atoms. The molecule has 0 atom stereocenters. The number of amides is 1. The van der Waals surface area contributed by atoms with Crippen LogP contribution in [0.25, 0.3) is 0 Å². The summed E-state index contributed by atoms with van der Waals surface area (Å²) in [5.41, 5.74) is 2.51. The van der Waals surface area contributed by atoms with Gasteiger partial charge in [0.05, 0.1) is 5.69 Å². The Kier molecular flexibility index (Phi) is 4.84. The molecule has 3 rings (SSSR count). The van der Waals surface area contributed by atoms with Gasteiger partial charge in [-0.25, -0.2) is 4.39 Å². The minimum Gasteiger partial charge on any atom is -0.366 e. The zero-order chi connectivity index (χ0) is 16.4. The van der Waals surface area contributed by atoms with Crippen molar-refractivity contribution in [2.75, 3.05) is 31.1 Å². The summed E-state index contributed by atoms with van der Waals surface area (Å²) in [4.78, 5) is 16.4. The Hall–Kier alpha value is -1.63. The van der Waals surface area contributed by atoms with Gasteiger partial charge in [0, 0.05) is 35.3 Å². The predicted octanol–water partition coefficient (Wildman–Crippen LogP) is 3.70. The molecule has 1 fully saturated rings. The molecule has 0 radical (unpaired) electrons. The molecule has 3 nitrogen and oxygen atoms in total. The van der Waals surface area contributed by atoms with Crippen molar-refractivity contribution in [2.24, 2.45) is 0 Å². The summed E-state index contributed by atoms with van der Waals surface area (Å²) in [5, 5.41) is 0. The Balaban J connectivity index is 1.68. The first-order valence-electron chi connectivity index (χ1n) is 7.61. The molecular weight excluding hydrogens is 406 g/mol. The van der Waals surface area contributed by atoms with Crippen molar-refractivity contribution in [2.45, 2.75) is 6.92 Å². The molecule has 0 aliphatic carbocycles. The van der Waals surface area contributed by atoms with E-state index in [0.717, 1.165) is 9.13 Å². The van der Waals surface area contributed by atoms with E-state index in [1.165, 1.54) is 11.6 Å². The maximum absolute atomic E-state index is 13.9. The first-order chi connectivity index (χ1) is 11.1. The third kappa shape index (κ3) is 3.49. The molecule has 1 saturated heterocycles. The fourth-order valence-electron chi connectivity index (χ4n) is 2.77. The quantitative estimate of drug-likeness (QED) is 0.687. The van der Waals surface area contributed by atoms with Gasteiger partial charge in [0.15, 0.2) is 0 Å². The SMILES string of the molecule is Cc1ccc(C(=O)N2CCN(c3ccccc3F)CC2)cc1I. The lowest BCUT2D eigenvalue weighted by molar-refractivity contribution is 0.0746. The molecule has 1 amide bonds. The van der Waals surface area contributed by atoms with Gasteiger partial charge in [-0.15, -0.1) is 0 Å². The number of carbonyl (C=O) groups is 1. The van der Waals surface area contributed by atoms with Gasteiger partial charge < -0.3 is 9.80 Å². The summed E-state index contributed by atoms with van der Waals surface area (Å²) < 4.78 is 14.9. The number of halogens is 2. The molecule has 1 aliphatic heterocycles. The number of hydrogen-bond donors (Lipinski definition) is 0. The normalized spacial score (nSPS) is 14.9. The third-order valence-corrected chi connectivity index (χ3v) is 5.34. The van der Waals surface area contributed by atoms with Crippen LogP contribution in [-0.4, -0.2) is 37.0 Å². The zero-order valence-corrected chi connectivity index (χ0v) is 15.1. The first kappa shape index (κ1) is 16.2. The Morgan fingerprint density at radius 3 is 2.43 bits per heavy atom. The summed E-state index contributed by atoms with van der Waals surface area (Å²) in [7, 11) is 0. The summed E-state index contributed by atoms with van der Waals surface area (Å²) >= 11 is 2.25. The summed E-state index contributed by atoms with van der Waals surface area (Å²) in [5.74, 6) is -0.156. The van der Waals surface area contributed by atoms with E-state index in [-0.39, 0.29) is 11.7 Å². The van der Waals surface area contributed by atoms with Crippen LogP contribution >= 0.6 is 22.6 Å². The molecule has 1 aliphatic rings. The second kappa shape index (κ2) is 6.86. The van der Waals surface area contributed by atoms with Crippen molar-refractivity contribution in [3.8, 4) is 0 Å². The van der Waals surface area contributed by atoms with Gasteiger partial charge in [-0.2, -0.15) is 0 Å². The average Bonchev–Trinajstić information content (AvgIpc) is 2.57. The summed E-state index contributed by atoms with van der Waals surface area (Å²) in [6.07, 6.45) is 0. The van der Waals surface area contributed by atoms with Crippen LogP contribution in [0.15, 0.2) is 42.5 Å². The fraction of sp³-hybridized carbons (Fsp3) is 0.278. The smallest absolute Gasteiger partial charge is 0.254 e. The highest BCUT2D eigenvalue weighted by atomic mass is 127. The van der Waals surface area contributed by atoms with Crippen LogP contribution in [0.4, 0.5) is 10.1 Å². The molecule has 0 bridgehead atoms. The zero-order valence-electron chi connectivity index (χ0n) is 12.9. The molecule has 0 aromatic heterocycles. The van der Waals surface area contributed by atoms with E-state index in [1.807, 2.05) is 41.0 Å². The molecule has 2 aromatic carbocycles. The molecule has 1 heterocycles. The number of hydrogen-bond acceptors (Lipinski definition) is 2. The van der Waals surface area contributed by atoms with E-state index in [2.05, 4.69) is 22.6 Å². The van der Waals surface area contributed by atoms with Crippen molar-refractivity contribution >= 4 is 34.2 Å². The highest BCUT2D eigenvalue weighted by Crippen LogP contribution is 2.21. The Morgan fingerprint density at radius 2 is 1.78 bits per heavy atom. The van der Waals surface area contributed by atoms with Crippen molar-refractivity contribution in [3.05, 3.63) is 63.0 Å². The molecule has 0 saturated carbocycles. The van der Waals surface area contributed by atoms with E-state index < -0.39 is 0 Å². The number of rotatable bonds is 2. The second-order valence-corrected chi connectivity index (χ2v) is 6.86. The third-order valence-electron chi connectivity index (χ3n) is 4.18. The van der Waals surface area contributed by atoms with Crippen molar-refractivity contribution in [1.82, 2.24) is 4.90 Å². The van der Waals surface area contributed by atoms with Gasteiger partial charge in [0.1, 0.15) is 5.82 Å². The van der Waals surface area contributed by atoms with Crippen molar-refractivity contribution < 1.29 is 9.18 Å². The molecular formula is C18H18FIN2O. The highest BCUT2D eigenvalue weighted by Gasteiger charge is 2.23. The van der Waals surface area contributed by atoms with Gasteiger partial charge in [-0.1, -0.05) is 18.2 Å². The van der Waals surface area contributed by atoms with Crippen molar-refractivity contribution in [3.63, 3.8) is 0 Å². The van der Waals surface area contributed by atoms with E-state index in [4.69, 9.17) is 0 Å². The van der Waals surface area contributed by atoms with Crippen LogP contribution in [-0.2, 0) is 0 Å². The molecule has 0 unspecified atom stereocenters. The summed E-state index contributed by atoms with van der Waals surface area (Å²) in [6, 6.07) is 12.6. The largest absolute Gasteiger partial charge is 0.366 e. The monoisotopic (exact) mass is 424 g/mol. The van der Waals surface area contributed by atoms with Gasteiger partial charge in [0.25, 0.3) is 5.91 Å². The number of nitrogens with zero attached hydrogens (tertiary/aromatic N) is 2. The maximum atomic E-state index is 13.9. The number of benzene rings is 2. The van der Waals surface area contributed by atoms with Gasteiger partial charge >= 0.3 is 0 Å². The van der Waals surface area contributed by atoms with E-state index in [0.29, 0.717) is 31.9 Å².